The smallest absolute Gasteiger partial charge is 0.0649 e. The Kier molecular flexibility index (Phi) is 4.41. The van der Waals surface area contributed by atoms with Crippen LogP contribution in [-0.4, -0.2) is 64.9 Å². The van der Waals surface area contributed by atoms with Crippen LogP contribution >= 0.6 is 0 Å². The molecule has 2 saturated heterocycles. The topological polar surface area (TPSA) is 36.3 Å². The molecule has 2 aliphatic rings. The minimum atomic E-state index is 0.727. The average Bonchev–Trinajstić information content (AvgIpc) is 3.26. The van der Waals surface area contributed by atoms with Crippen LogP contribution in [0, 0.1) is 0 Å². The van der Waals surface area contributed by atoms with Gasteiger partial charge in [-0.3, -0.25) is 9.80 Å². The Balaban J connectivity index is 1.41. The lowest BCUT2D eigenvalue weighted by molar-refractivity contribution is 0.170. The van der Waals surface area contributed by atoms with E-state index in [4.69, 9.17) is 0 Å². The highest BCUT2D eigenvalue weighted by molar-refractivity contribution is 5.32. The summed E-state index contributed by atoms with van der Waals surface area (Å²) in [4.78, 5) is 5.23. The van der Waals surface area contributed by atoms with Gasteiger partial charge >= 0.3 is 0 Å². The van der Waals surface area contributed by atoms with E-state index in [1.165, 1.54) is 38.3 Å². The number of likely N-dealkylation sites (tertiary alicyclic amines) is 1. The van der Waals surface area contributed by atoms with E-state index in [1.807, 2.05) is 12.3 Å². The van der Waals surface area contributed by atoms with E-state index in [0.29, 0.717) is 0 Å². The van der Waals surface area contributed by atoms with Crippen molar-refractivity contribution in [3.05, 3.63) is 48.3 Å². The summed E-state index contributed by atoms with van der Waals surface area (Å²) in [6.45, 7) is 8.02. The summed E-state index contributed by atoms with van der Waals surface area (Å²) in [6, 6.07) is 13.3. The molecule has 3 heterocycles. The van der Waals surface area contributed by atoms with Gasteiger partial charge in [0.05, 0.1) is 11.4 Å². The van der Waals surface area contributed by atoms with E-state index in [-0.39, 0.29) is 0 Å². The molecule has 1 aromatic heterocycles. The number of hydrogen-bond donors (Lipinski definition) is 1. The second kappa shape index (κ2) is 6.83. The van der Waals surface area contributed by atoms with Crippen LogP contribution < -0.4 is 5.32 Å². The zero-order valence-corrected chi connectivity index (χ0v) is 13.6. The van der Waals surface area contributed by atoms with Crippen molar-refractivity contribution in [1.82, 2.24) is 24.9 Å². The molecule has 1 unspecified atom stereocenters. The van der Waals surface area contributed by atoms with Crippen molar-refractivity contribution in [1.29, 1.82) is 0 Å². The second-order valence-corrected chi connectivity index (χ2v) is 6.53. The van der Waals surface area contributed by atoms with Gasteiger partial charge in [0.25, 0.3) is 0 Å². The number of benzene rings is 1. The summed E-state index contributed by atoms with van der Waals surface area (Å²) in [5.41, 5.74) is 2.42. The van der Waals surface area contributed by atoms with E-state index >= 15 is 0 Å². The molecule has 0 amide bonds. The number of hydrogen-bond acceptors (Lipinski definition) is 4. The van der Waals surface area contributed by atoms with Crippen LogP contribution in [0.4, 0.5) is 0 Å². The SMILES string of the molecule is c1ccc(-n2nccc2CN2CCC(N3CCNCC3)C2)cc1. The molecule has 5 heteroatoms. The van der Waals surface area contributed by atoms with E-state index in [2.05, 4.69) is 55.2 Å². The van der Waals surface area contributed by atoms with Gasteiger partial charge in [0.15, 0.2) is 0 Å². The minimum Gasteiger partial charge on any atom is -0.314 e. The Morgan fingerprint density at radius 3 is 2.70 bits per heavy atom. The van der Waals surface area contributed by atoms with Gasteiger partial charge in [-0.25, -0.2) is 4.68 Å². The van der Waals surface area contributed by atoms with E-state index in [9.17, 15) is 0 Å². The third-order valence-corrected chi connectivity index (χ3v) is 5.02. The molecule has 2 aromatic rings. The molecule has 1 atom stereocenters. The third kappa shape index (κ3) is 3.32. The highest BCUT2D eigenvalue weighted by Gasteiger charge is 2.28. The highest BCUT2D eigenvalue weighted by Crippen LogP contribution is 2.19. The molecule has 5 nitrogen and oxygen atoms in total. The first kappa shape index (κ1) is 14.9. The molecule has 23 heavy (non-hydrogen) atoms. The van der Waals surface area contributed by atoms with Crippen molar-refractivity contribution in [2.45, 2.75) is 19.0 Å². The van der Waals surface area contributed by atoms with Crippen LogP contribution in [0.1, 0.15) is 12.1 Å². The molecule has 1 N–H and O–H groups in total. The summed E-state index contributed by atoms with van der Waals surface area (Å²) >= 11 is 0. The Labute approximate surface area is 137 Å². The number of nitrogens with zero attached hydrogens (tertiary/aromatic N) is 4. The Bertz CT molecular complexity index is 617. The normalized spacial score (nSPS) is 23.4. The Morgan fingerprint density at radius 1 is 1.04 bits per heavy atom. The minimum absolute atomic E-state index is 0.727. The van der Waals surface area contributed by atoms with Crippen molar-refractivity contribution in [3.63, 3.8) is 0 Å². The number of nitrogens with one attached hydrogen (secondary N) is 1. The summed E-state index contributed by atoms with van der Waals surface area (Å²) in [5.74, 6) is 0. The van der Waals surface area contributed by atoms with Crippen LogP contribution in [0.5, 0.6) is 0 Å². The Hall–Kier alpha value is -1.69. The van der Waals surface area contributed by atoms with Crippen LogP contribution in [0.3, 0.4) is 0 Å². The van der Waals surface area contributed by atoms with Gasteiger partial charge in [-0.1, -0.05) is 18.2 Å². The van der Waals surface area contributed by atoms with Crippen molar-refractivity contribution < 1.29 is 0 Å². The molecular weight excluding hydrogens is 286 g/mol. The number of aromatic nitrogens is 2. The Morgan fingerprint density at radius 2 is 1.87 bits per heavy atom. The fraction of sp³-hybridized carbons (Fsp3) is 0.500. The van der Waals surface area contributed by atoms with Crippen molar-refractivity contribution in [2.24, 2.45) is 0 Å². The lowest BCUT2D eigenvalue weighted by Gasteiger charge is -2.32. The fourth-order valence-electron chi connectivity index (χ4n) is 3.78. The molecule has 0 aliphatic carbocycles. The fourth-order valence-corrected chi connectivity index (χ4v) is 3.78. The van der Waals surface area contributed by atoms with Crippen LogP contribution in [0.15, 0.2) is 42.6 Å². The maximum Gasteiger partial charge on any atom is 0.0649 e. The largest absolute Gasteiger partial charge is 0.314 e. The zero-order valence-electron chi connectivity index (χ0n) is 13.6. The summed E-state index contributed by atoms with van der Waals surface area (Å²) < 4.78 is 2.07. The lowest BCUT2D eigenvalue weighted by Crippen LogP contribution is -2.49. The molecular formula is C18H25N5. The van der Waals surface area contributed by atoms with Gasteiger partial charge in [-0.15, -0.1) is 0 Å². The maximum atomic E-state index is 4.51. The summed E-state index contributed by atoms with van der Waals surface area (Å²) in [5, 5.41) is 7.95. The van der Waals surface area contributed by atoms with Gasteiger partial charge in [0, 0.05) is 58.1 Å². The van der Waals surface area contributed by atoms with Crippen LogP contribution in [0.2, 0.25) is 0 Å². The number of para-hydroxylation sites is 1. The highest BCUT2D eigenvalue weighted by atomic mass is 15.3. The first-order valence-electron chi connectivity index (χ1n) is 8.65. The molecule has 0 saturated carbocycles. The van der Waals surface area contributed by atoms with E-state index in [1.54, 1.807) is 0 Å². The molecule has 0 spiro atoms. The van der Waals surface area contributed by atoms with Crippen LogP contribution in [0.25, 0.3) is 5.69 Å². The molecule has 122 valence electrons. The quantitative estimate of drug-likeness (QED) is 0.925. The standard InChI is InChI=1S/C18H25N5/c1-2-4-16(5-3-1)23-18(6-8-20-23)15-21-11-7-17(14-21)22-12-9-19-10-13-22/h1-6,8,17,19H,7,9-15H2. The van der Waals surface area contributed by atoms with Gasteiger partial charge in [0.2, 0.25) is 0 Å². The van der Waals surface area contributed by atoms with Gasteiger partial charge in [0.1, 0.15) is 0 Å². The number of piperazine rings is 1. The van der Waals surface area contributed by atoms with Gasteiger partial charge < -0.3 is 5.32 Å². The van der Waals surface area contributed by atoms with Gasteiger partial charge in [-0.2, -0.15) is 5.10 Å². The second-order valence-electron chi connectivity index (χ2n) is 6.53. The third-order valence-electron chi connectivity index (χ3n) is 5.02. The van der Waals surface area contributed by atoms with Crippen LogP contribution in [-0.2, 0) is 6.54 Å². The average molecular weight is 311 g/mol. The monoisotopic (exact) mass is 311 g/mol. The zero-order chi connectivity index (χ0) is 15.5. The molecule has 0 radical (unpaired) electrons. The molecule has 2 fully saturated rings. The first-order valence-corrected chi connectivity index (χ1v) is 8.65. The predicted octanol–water partition coefficient (Wildman–Crippen LogP) is 1.35. The first-order chi connectivity index (χ1) is 11.4. The van der Waals surface area contributed by atoms with Crippen molar-refractivity contribution in [3.8, 4) is 5.69 Å². The van der Waals surface area contributed by atoms with E-state index in [0.717, 1.165) is 31.4 Å². The lowest BCUT2D eigenvalue weighted by atomic mass is 10.2. The van der Waals surface area contributed by atoms with Gasteiger partial charge in [-0.05, 0) is 24.6 Å². The summed E-state index contributed by atoms with van der Waals surface area (Å²) in [6.07, 6.45) is 3.20. The molecule has 0 bridgehead atoms. The predicted molar refractivity (Wildman–Crippen MR) is 91.7 cm³/mol. The molecule has 1 aromatic carbocycles. The molecule has 4 rings (SSSR count). The molecule has 2 aliphatic heterocycles. The van der Waals surface area contributed by atoms with E-state index < -0.39 is 0 Å². The number of rotatable bonds is 4. The van der Waals surface area contributed by atoms with Crippen molar-refractivity contribution in [2.75, 3.05) is 39.3 Å². The maximum absolute atomic E-state index is 4.51. The summed E-state index contributed by atoms with van der Waals surface area (Å²) in [7, 11) is 0. The van der Waals surface area contributed by atoms with Crippen molar-refractivity contribution >= 4 is 0 Å².